The number of hydrogen-bond donors (Lipinski definition) is 1. The minimum Gasteiger partial charge on any atom is -1.00 e. The van der Waals surface area contributed by atoms with Gasteiger partial charge in [0.15, 0.2) is 12.4 Å². The van der Waals surface area contributed by atoms with Gasteiger partial charge in [-0.25, -0.2) is 0 Å². The molecule has 0 aliphatic heterocycles. The lowest BCUT2D eigenvalue weighted by Gasteiger charge is -2.04. The van der Waals surface area contributed by atoms with E-state index < -0.39 is 0 Å². The fourth-order valence-corrected chi connectivity index (χ4v) is 2.46. The van der Waals surface area contributed by atoms with Crippen LogP contribution in [0.15, 0.2) is 79.1 Å². The second-order valence-corrected chi connectivity index (χ2v) is 5.95. The van der Waals surface area contributed by atoms with E-state index >= 15 is 0 Å². The van der Waals surface area contributed by atoms with Crippen molar-refractivity contribution in [2.75, 3.05) is 5.32 Å². The molecule has 1 heterocycles. The second-order valence-electron chi connectivity index (χ2n) is 5.51. The number of amides is 1. The van der Waals surface area contributed by atoms with E-state index in [2.05, 4.69) is 5.32 Å². The van der Waals surface area contributed by atoms with Crippen LogP contribution in [0.5, 0.6) is 0 Å². The number of carbonyl (C=O) groups is 2. The third-order valence-corrected chi connectivity index (χ3v) is 3.93. The fraction of sp³-hybridized carbons (Fsp3) is 0.0500. The summed E-state index contributed by atoms with van der Waals surface area (Å²) >= 11 is 5.83. The molecule has 6 heteroatoms. The number of anilines is 1. The van der Waals surface area contributed by atoms with Crippen molar-refractivity contribution in [2.24, 2.45) is 0 Å². The molecular formula is C20H16BrClN2O2. The molecule has 0 unspecified atom stereocenters. The number of hydrogen-bond acceptors (Lipinski definition) is 2. The summed E-state index contributed by atoms with van der Waals surface area (Å²) in [5, 5.41) is 3.42. The molecule has 132 valence electrons. The number of aromatic nitrogens is 1. The molecule has 0 bridgehead atoms. The van der Waals surface area contributed by atoms with Crippen molar-refractivity contribution in [3.05, 3.63) is 95.3 Å². The first-order valence-corrected chi connectivity index (χ1v) is 8.14. The Morgan fingerprint density at radius 2 is 1.46 bits per heavy atom. The van der Waals surface area contributed by atoms with Crippen molar-refractivity contribution < 1.29 is 31.1 Å². The maximum atomic E-state index is 12.2. The fourth-order valence-electron chi connectivity index (χ4n) is 2.33. The first-order valence-electron chi connectivity index (χ1n) is 7.76. The number of carbonyl (C=O) groups excluding carboxylic acids is 2. The third-order valence-electron chi connectivity index (χ3n) is 3.68. The van der Waals surface area contributed by atoms with E-state index in [1.165, 1.54) is 0 Å². The van der Waals surface area contributed by atoms with Crippen LogP contribution >= 0.6 is 11.6 Å². The minimum absolute atomic E-state index is 0. The Hall–Kier alpha value is -2.50. The zero-order valence-corrected chi connectivity index (χ0v) is 16.1. The maximum Gasteiger partial charge on any atom is 0.255 e. The number of Topliss-reactive ketones (excluding diaryl/α,β-unsaturated/α-hetero) is 1. The smallest absolute Gasteiger partial charge is 0.255 e. The Balaban J connectivity index is 0.00000243. The van der Waals surface area contributed by atoms with Crippen molar-refractivity contribution in [2.45, 2.75) is 6.54 Å². The van der Waals surface area contributed by atoms with E-state index in [0.29, 0.717) is 21.8 Å². The first kappa shape index (κ1) is 19.8. The van der Waals surface area contributed by atoms with Crippen LogP contribution in [-0.4, -0.2) is 11.7 Å². The van der Waals surface area contributed by atoms with Gasteiger partial charge in [0, 0.05) is 28.3 Å². The molecule has 26 heavy (non-hydrogen) atoms. The van der Waals surface area contributed by atoms with Crippen LogP contribution in [-0.2, 0) is 6.54 Å². The number of nitrogens with zero attached hydrogens (tertiary/aromatic N) is 1. The molecule has 3 rings (SSSR count). The van der Waals surface area contributed by atoms with Gasteiger partial charge in [-0.05, 0) is 36.4 Å². The van der Waals surface area contributed by atoms with E-state index in [4.69, 9.17) is 11.6 Å². The molecule has 2 aromatic carbocycles. The van der Waals surface area contributed by atoms with Gasteiger partial charge in [-0.15, -0.1) is 0 Å². The molecule has 0 saturated heterocycles. The molecule has 4 nitrogen and oxygen atoms in total. The third kappa shape index (κ3) is 5.25. The summed E-state index contributed by atoms with van der Waals surface area (Å²) in [6.45, 7) is 0.217. The topological polar surface area (TPSA) is 50.0 Å². The van der Waals surface area contributed by atoms with Crippen molar-refractivity contribution in [1.29, 1.82) is 0 Å². The number of pyridine rings is 1. The van der Waals surface area contributed by atoms with Crippen molar-refractivity contribution in [3.8, 4) is 0 Å². The average molecular weight is 432 g/mol. The monoisotopic (exact) mass is 430 g/mol. The lowest BCUT2D eigenvalue weighted by molar-refractivity contribution is -0.683. The van der Waals surface area contributed by atoms with Crippen molar-refractivity contribution in [1.82, 2.24) is 0 Å². The van der Waals surface area contributed by atoms with Crippen LogP contribution in [0.25, 0.3) is 0 Å². The highest BCUT2D eigenvalue weighted by Crippen LogP contribution is 2.10. The standard InChI is InChI=1S/C20H15ClN2O2.BrH/c21-17-8-6-15(7-9-17)19(24)14-23-12-10-18(11-13-23)22-20(25)16-4-2-1-3-5-16;/h1-13H,14H2;1H. The normalized spacial score (nSPS) is 9.88. The van der Waals surface area contributed by atoms with Gasteiger partial charge in [0.1, 0.15) is 0 Å². The molecular weight excluding hydrogens is 416 g/mol. The zero-order chi connectivity index (χ0) is 17.6. The summed E-state index contributed by atoms with van der Waals surface area (Å²) in [7, 11) is 0. The number of nitrogens with one attached hydrogen (secondary N) is 1. The predicted molar refractivity (Wildman–Crippen MR) is 96.8 cm³/mol. The Morgan fingerprint density at radius 1 is 0.846 bits per heavy atom. The molecule has 1 amide bonds. The summed E-state index contributed by atoms with van der Waals surface area (Å²) in [6.07, 6.45) is 3.52. The lowest BCUT2D eigenvalue weighted by atomic mass is 10.1. The van der Waals surface area contributed by atoms with Gasteiger partial charge < -0.3 is 22.3 Å². The van der Waals surface area contributed by atoms with Crippen molar-refractivity contribution in [3.63, 3.8) is 0 Å². The Bertz CT molecular complexity index is 882. The van der Waals surface area contributed by atoms with E-state index in [0.717, 1.165) is 0 Å². The second kappa shape index (κ2) is 9.27. The van der Waals surface area contributed by atoms with E-state index in [9.17, 15) is 9.59 Å². The average Bonchev–Trinajstić information content (AvgIpc) is 2.64. The highest BCUT2D eigenvalue weighted by molar-refractivity contribution is 6.30. The predicted octanol–water partition coefficient (Wildman–Crippen LogP) is 0.767. The summed E-state index contributed by atoms with van der Waals surface area (Å²) in [5.74, 6) is -0.182. The SMILES string of the molecule is O=C(C[n+]1ccc(NC(=O)c2ccccc2)cc1)c1ccc(Cl)cc1.[Br-]. The van der Waals surface area contributed by atoms with E-state index in [-0.39, 0.29) is 35.2 Å². The minimum atomic E-state index is -0.171. The molecule has 0 radical (unpaired) electrons. The Kier molecular flexibility index (Phi) is 7.06. The molecule has 0 aliphatic rings. The van der Waals surface area contributed by atoms with Crippen LogP contribution in [0.1, 0.15) is 20.7 Å². The maximum absolute atomic E-state index is 12.2. The Morgan fingerprint density at radius 3 is 2.08 bits per heavy atom. The van der Waals surface area contributed by atoms with Gasteiger partial charge in [-0.2, -0.15) is 4.57 Å². The van der Waals surface area contributed by atoms with Gasteiger partial charge in [-0.1, -0.05) is 29.8 Å². The first-order chi connectivity index (χ1) is 12.1. The van der Waals surface area contributed by atoms with Crippen LogP contribution in [0.2, 0.25) is 5.02 Å². The Labute approximate surface area is 167 Å². The van der Waals surface area contributed by atoms with Gasteiger partial charge in [0.05, 0.1) is 5.69 Å². The molecule has 0 fully saturated rings. The van der Waals surface area contributed by atoms with Crippen LogP contribution < -0.4 is 26.9 Å². The molecule has 0 spiro atoms. The summed E-state index contributed by atoms with van der Waals surface area (Å²) in [5.41, 5.74) is 1.87. The van der Waals surface area contributed by atoms with Crippen LogP contribution in [0.3, 0.4) is 0 Å². The number of benzene rings is 2. The summed E-state index contributed by atoms with van der Waals surface area (Å²) in [6, 6.07) is 19.3. The van der Waals surface area contributed by atoms with Gasteiger partial charge >= 0.3 is 0 Å². The van der Waals surface area contributed by atoms with E-state index in [1.807, 2.05) is 18.2 Å². The van der Waals surface area contributed by atoms with Gasteiger partial charge in [-0.3, -0.25) is 9.59 Å². The molecule has 0 saturated carbocycles. The van der Waals surface area contributed by atoms with E-state index in [1.54, 1.807) is 65.5 Å². The largest absolute Gasteiger partial charge is 1.00 e. The van der Waals surface area contributed by atoms with Gasteiger partial charge in [0.25, 0.3) is 5.91 Å². The van der Waals surface area contributed by atoms with Gasteiger partial charge in [0.2, 0.25) is 12.3 Å². The molecule has 1 aromatic heterocycles. The number of halogens is 2. The summed E-state index contributed by atoms with van der Waals surface area (Å²) in [4.78, 5) is 24.3. The van der Waals surface area contributed by atoms with Crippen LogP contribution in [0.4, 0.5) is 5.69 Å². The lowest BCUT2D eigenvalue weighted by Crippen LogP contribution is -3.00. The number of ketones is 1. The molecule has 0 aliphatic carbocycles. The highest BCUT2D eigenvalue weighted by Gasteiger charge is 2.12. The van der Waals surface area contributed by atoms with Crippen molar-refractivity contribution >= 4 is 29.0 Å². The molecule has 0 atom stereocenters. The zero-order valence-electron chi connectivity index (χ0n) is 13.7. The van der Waals surface area contributed by atoms with Crippen LogP contribution in [0, 0.1) is 0 Å². The highest BCUT2D eigenvalue weighted by atomic mass is 79.9. The molecule has 3 aromatic rings. The quantitative estimate of drug-likeness (QED) is 0.479. The summed E-state index contributed by atoms with van der Waals surface area (Å²) < 4.78 is 1.76. The number of rotatable bonds is 5. The molecule has 1 N–H and O–H groups in total.